The Bertz CT molecular complexity index is 880. The molecular formula is C18H16Cl2N4O. The second kappa shape index (κ2) is 7.59. The molecular weight excluding hydrogens is 359 g/mol. The molecule has 2 amide bonds. The highest BCUT2D eigenvalue weighted by atomic mass is 35.5. The number of halogens is 2. The van der Waals surface area contributed by atoms with Crippen LogP contribution in [0.4, 0.5) is 10.5 Å². The van der Waals surface area contributed by atoms with Crippen molar-refractivity contribution >= 4 is 34.9 Å². The number of rotatable bonds is 4. The third-order valence-corrected chi connectivity index (χ3v) is 4.44. The van der Waals surface area contributed by atoms with Crippen LogP contribution in [0.5, 0.6) is 0 Å². The number of carbonyl (C=O) groups excluding carboxylic acids is 1. The van der Waals surface area contributed by atoms with E-state index in [0.717, 1.165) is 11.4 Å². The summed E-state index contributed by atoms with van der Waals surface area (Å²) in [6.07, 6.45) is 3.54. The fourth-order valence-corrected chi connectivity index (χ4v) is 2.77. The van der Waals surface area contributed by atoms with E-state index in [2.05, 4.69) is 15.6 Å². The highest BCUT2D eigenvalue weighted by Crippen LogP contribution is 2.25. The molecule has 0 radical (unpaired) electrons. The van der Waals surface area contributed by atoms with Crippen LogP contribution in [-0.2, 0) is 7.05 Å². The number of carbonyl (C=O) groups is 1. The highest BCUT2D eigenvalue weighted by molar-refractivity contribution is 6.42. The van der Waals surface area contributed by atoms with Gasteiger partial charge < -0.3 is 15.2 Å². The second-order valence-corrected chi connectivity index (χ2v) is 6.28. The number of nitrogens with one attached hydrogen (secondary N) is 2. The fraction of sp³-hybridized carbons (Fsp3) is 0.111. The zero-order valence-electron chi connectivity index (χ0n) is 13.4. The van der Waals surface area contributed by atoms with Crippen LogP contribution < -0.4 is 10.6 Å². The van der Waals surface area contributed by atoms with Gasteiger partial charge in [-0.3, -0.25) is 0 Å². The van der Waals surface area contributed by atoms with Crippen molar-refractivity contribution in [3.8, 4) is 0 Å². The standard InChI is InChI=1S/C18H16Cl2N4O/c1-24-10-9-21-17(24)16(12-5-3-2-4-6-12)23-18(25)22-13-7-8-14(19)15(20)11-13/h2-11,16H,1H3,(H2,22,23,25)/t16-/m1/s1. The van der Waals surface area contributed by atoms with Crippen LogP contribution in [-0.4, -0.2) is 15.6 Å². The largest absolute Gasteiger partial charge is 0.336 e. The summed E-state index contributed by atoms with van der Waals surface area (Å²) >= 11 is 11.9. The summed E-state index contributed by atoms with van der Waals surface area (Å²) in [5.41, 5.74) is 1.49. The van der Waals surface area contributed by atoms with Gasteiger partial charge in [-0.05, 0) is 23.8 Å². The molecule has 1 heterocycles. The van der Waals surface area contributed by atoms with Gasteiger partial charge in [0, 0.05) is 25.1 Å². The predicted molar refractivity (Wildman–Crippen MR) is 100 cm³/mol. The van der Waals surface area contributed by atoms with E-state index in [0.29, 0.717) is 15.7 Å². The molecule has 0 unspecified atom stereocenters. The van der Waals surface area contributed by atoms with Gasteiger partial charge in [-0.25, -0.2) is 9.78 Å². The van der Waals surface area contributed by atoms with E-state index in [4.69, 9.17) is 23.2 Å². The van der Waals surface area contributed by atoms with Crippen molar-refractivity contribution in [3.05, 3.63) is 82.4 Å². The lowest BCUT2D eigenvalue weighted by molar-refractivity contribution is 0.249. The summed E-state index contributed by atoms with van der Waals surface area (Å²) in [7, 11) is 1.89. The minimum absolute atomic E-state index is 0.366. The lowest BCUT2D eigenvalue weighted by Gasteiger charge is -2.19. The molecule has 3 rings (SSSR count). The minimum atomic E-state index is -0.385. The van der Waals surface area contributed by atoms with E-state index in [1.807, 2.05) is 48.1 Å². The number of benzene rings is 2. The van der Waals surface area contributed by atoms with Crippen LogP contribution in [0.25, 0.3) is 0 Å². The first-order chi connectivity index (χ1) is 12.0. The van der Waals surface area contributed by atoms with Crippen LogP contribution in [0.3, 0.4) is 0 Å². The number of urea groups is 1. The first kappa shape index (κ1) is 17.3. The van der Waals surface area contributed by atoms with E-state index in [1.165, 1.54) is 0 Å². The molecule has 0 aliphatic rings. The number of aromatic nitrogens is 2. The average Bonchev–Trinajstić information content (AvgIpc) is 3.03. The van der Waals surface area contributed by atoms with Gasteiger partial charge in [0.15, 0.2) is 0 Å². The smallest absolute Gasteiger partial charge is 0.320 e. The molecule has 0 spiro atoms. The molecule has 0 aliphatic heterocycles. The van der Waals surface area contributed by atoms with Gasteiger partial charge in [-0.2, -0.15) is 0 Å². The second-order valence-electron chi connectivity index (χ2n) is 5.47. The summed E-state index contributed by atoms with van der Waals surface area (Å²) in [4.78, 5) is 16.8. The summed E-state index contributed by atoms with van der Waals surface area (Å²) < 4.78 is 1.87. The molecule has 0 bridgehead atoms. The van der Waals surface area contributed by atoms with Crippen molar-refractivity contribution < 1.29 is 4.79 Å². The van der Waals surface area contributed by atoms with Crippen molar-refractivity contribution in [2.75, 3.05) is 5.32 Å². The third-order valence-electron chi connectivity index (χ3n) is 3.70. The summed E-state index contributed by atoms with van der Waals surface area (Å²) in [5.74, 6) is 0.732. The minimum Gasteiger partial charge on any atom is -0.336 e. The molecule has 1 aromatic heterocycles. The van der Waals surface area contributed by atoms with Crippen LogP contribution in [0.2, 0.25) is 10.0 Å². The summed E-state index contributed by atoms with van der Waals surface area (Å²) in [6.45, 7) is 0. The number of imidazole rings is 1. The Morgan fingerprint density at radius 1 is 1.12 bits per heavy atom. The van der Waals surface area contributed by atoms with Gasteiger partial charge in [-0.15, -0.1) is 0 Å². The van der Waals surface area contributed by atoms with Crippen LogP contribution in [0.1, 0.15) is 17.4 Å². The van der Waals surface area contributed by atoms with E-state index in [-0.39, 0.29) is 12.1 Å². The van der Waals surface area contributed by atoms with Crippen LogP contribution in [0.15, 0.2) is 60.9 Å². The lowest BCUT2D eigenvalue weighted by Crippen LogP contribution is -2.34. The zero-order valence-corrected chi connectivity index (χ0v) is 14.9. The molecule has 3 aromatic rings. The van der Waals surface area contributed by atoms with Crippen molar-refractivity contribution in [1.82, 2.24) is 14.9 Å². The van der Waals surface area contributed by atoms with Crippen molar-refractivity contribution in [2.24, 2.45) is 7.05 Å². The maximum absolute atomic E-state index is 12.5. The van der Waals surface area contributed by atoms with E-state index in [1.54, 1.807) is 24.4 Å². The first-order valence-corrected chi connectivity index (χ1v) is 8.35. The molecule has 128 valence electrons. The highest BCUT2D eigenvalue weighted by Gasteiger charge is 2.20. The Hall–Kier alpha value is -2.50. The molecule has 0 fully saturated rings. The molecule has 1 atom stereocenters. The Morgan fingerprint density at radius 2 is 1.88 bits per heavy atom. The Balaban J connectivity index is 1.81. The zero-order chi connectivity index (χ0) is 17.8. The number of hydrogen-bond acceptors (Lipinski definition) is 2. The fourth-order valence-electron chi connectivity index (χ4n) is 2.47. The molecule has 0 saturated carbocycles. The molecule has 2 N–H and O–H groups in total. The summed E-state index contributed by atoms with van der Waals surface area (Å²) in [6, 6.07) is 13.8. The van der Waals surface area contributed by atoms with Gasteiger partial charge in [0.2, 0.25) is 0 Å². The van der Waals surface area contributed by atoms with Gasteiger partial charge in [0.25, 0.3) is 0 Å². The first-order valence-electron chi connectivity index (χ1n) is 7.59. The van der Waals surface area contributed by atoms with Gasteiger partial charge in [-0.1, -0.05) is 53.5 Å². The van der Waals surface area contributed by atoms with E-state index >= 15 is 0 Å². The Labute approximate surface area is 155 Å². The van der Waals surface area contributed by atoms with Crippen molar-refractivity contribution in [3.63, 3.8) is 0 Å². The quantitative estimate of drug-likeness (QED) is 0.698. The summed E-state index contributed by atoms with van der Waals surface area (Å²) in [5, 5.41) is 6.52. The normalized spacial score (nSPS) is 11.8. The van der Waals surface area contributed by atoms with Gasteiger partial charge >= 0.3 is 6.03 Å². The predicted octanol–water partition coefficient (Wildman–Crippen LogP) is 4.64. The molecule has 5 nitrogen and oxygen atoms in total. The number of nitrogens with zero attached hydrogens (tertiary/aromatic N) is 2. The number of hydrogen-bond donors (Lipinski definition) is 2. The number of anilines is 1. The van der Waals surface area contributed by atoms with Crippen LogP contribution >= 0.6 is 23.2 Å². The van der Waals surface area contributed by atoms with Crippen LogP contribution in [0, 0.1) is 0 Å². The maximum atomic E-state index is 12.5. The Kier molecular flexibility index (Phi) is 5.26. The van der Waals surface area contributed by atoms with E-state index < -0.39 is 0 Å². The molecule has 2 aromatic carbocycles. The molecule has 0 aliphatic carbocycles. The monoisotopic (exact) mass is 374 g/mol. The third kappa shape index (κ3) is 4.13. The number of aryl methyl sites for hydroxylation is 1. The van der Waals surface area contributed by atoms with Crippen molar-refractivity contribution in [2.45, 2.75) is 6.04 Å². The lowest BCUT2D eigenvalue weighted by atomic mass is 10.1. The van der Waals surface area contributed by atoms with Crippen molar-refractivity contribution in [1.29, 1.82) is 0 Å². The van der Waals surface area contributed by atoms with Gasteiger partial charge in [0.1, 0.15) is 11.9 Å². The number of amides is 2. The molecule has 25 heavy (non-hydrogen) atoms. The van der Waals surface area contributed by atoms with Gasteiger partial charge in [0.05, 0.1) is 10.0 Å². The Morgan fingerprint density at radius 3 is 2.52 bits per heavy atom. The van der Waals surface area contributed by atoms with E-state index in [9.17, 15) is 4.79 Å². The average molecular weight is 375 g/mol. The molecule has 0 saturated heterocycles. The maximum Gasteiger partial charge on any atom is 0.320 e. The topological polar surface area (TPSA) is 59.0 Å². The molecule has 7 heteroatoms. The SMILES string of the molecule is Cn1ccnc1[C@H](NC(=O)Nc1ccc(Cl)c(Cl)c1)c1ccccc1.